The summed E-state index contributed by atoms with van der Waals surface area (Å²) in [5.74, 6) is -2.42. The maximum atomic E-state index is 12.2. The fourth-order valence-electron chi connectivity index (χ4n) is 4.78. The number of allylic oxidation sites excluding steroid dienone is 8. The molecule has 3 atom stereocenters. The number of phosphoric ester groups is 1. The van der Waals surface area contributed by atoms with Crippen LogP contribution in [0, 0.1) is 0 Å². The number of nitrogens with one attached hydrogen (secondary N) is 1. The number of esters is 1. The maximum Gasteiger partial charge on any atom is 0.472 e. The molecule has 1 amide bonds. The molecule has 0 saturated heterocycles. The van der Waals surface area contributed by atoms with Crippen molar-refractivity contribution in [2.24, 2.45) is 0 Å². The van der Waals surface area contributed by atoms with Crippen LogP contribution in [0.2, 0.25) is 0 Å². The lowest BCUT2D eigenvalue weighted by atomic mass is 10.1. The summed E-state index contributed by atoms with van der Waals surface area (Å²) in [6.45, 7) is 2.43. The van der Waals surface area contributed by atoms with Crippen LogP contribution in [0.5, 0.6) is 0 Å². The Labute approximate surface area is 307 Å². The van der Waals surface area contributed by atoms with E-state index < -0.39 is 57.6 Å². The van der Waals surface area contributed by atoms with E-state index in [1.54, 1.807) is 0 Å². The van der Waals surface area contributed by atoms with Gasteiger partial charge in [0.25, 0.3) is 0 Å². The highest BCUT2D eigenvalue weighted by atomic mass is 31.2. The van der Waals surface area contributed by atoms with Gasteiger partial charge in [0.1, 0.15) is 12.7 Å². The van der Waals surface area contributed by atoms with Gasteiger partial charge in [-0.15, -0.1) is 0 Å². The zero-order valence-corrected chi connectivity index (χ0v) is 32.3. The zero-order valence-electron chi connectivity index (χ0n) is 31.4. The Bertz CT molecular complexity index is 1060. The first-order valence-corrected chi connectivity index (χ1v) is 20.7. The fraction of sp³-hybridized carbons (Fsp3) is 0.718. The van der Waals surface area contributed by atoms with Gasteiger partial charge < -0.3 is 25.2 Å². The molecule has 0 aliphatic rings. The topological polar surface area (TPSA) is 169 Å². The first-order chi connectivity index (χ1) is 24.6. The van der Waals surface area contributed by atoms with E-state index in [-0.39, 0.29) is 12.8 Å². The number of amides is 1. The van der Waals surface area contributed by atoms with Gasteiger partial charge in [0.15, 0.2) is 6.04 Å². The average Bonchev–Trinajstić information content (AvgIpc) is 3.10. The van der Waals surface area contributed by atoms with E-state index in [0.29, 0.717) is 12.8 Å². The summed E-state index contributed by atoms with van der Waals surface area (Å²) in [4.78, 5) is 45.7. The molecule has 3 unspecified atom stereocenters. The Hall–Kier alpha value is -2.56. The number of unbranched alkanes of at least 4 members (excludes halogenated alkanes) is 13. The highest BCUT2D eigenvalue weighted by Gasteiger charge is 2.28. The number of carbonyl (C=O) groups excluding carboxylic acids is 2. The third kappa shape index (κ3) is 34.3. The molecule has 0 aromatic heterocycles. The molecule has 0 rings (SSSR count). The lowest BCUT2D eigenvalue weighted by molar-refractivity contribution is -0.147. The predicted octanol–water partition coefficient (Wildman–Crippen LogP) is 9.05. The summed E-state index contributed by atoms with van der Waals surface area (Å²) in [5.41, 5.74) is 0. The summed E-state index contributed by atoms with van der Waals surface area (Å²) in [7, 11) is -4.76. The molecule has 0 saturated carbocycles. The highest BCUT2D eigenvalue weighted by Crippen LogP contribution is 2.43. The third-order valence-electron chi connectivity index (χ3n) is 7.82. The van der Waals surface area contributed by atoms with Gasteiger partial charge in [-0.3, -0.25) is 18.6 Å². The highest BCUT2D eigenvalue weighted by molar-refractivity contribution is 7.47. The second kappa shape index (κ2) is 34.5. The number of aliphatic hydroxyl groups is 1. The second-order valence-corrected chi connectivity index (χ2v) is 14.2. The summed E-state index contributed by atoms with van der Waals surface area (Å²) in [6.07, 6.45) is 35.7. The van der Waals surface area contributed by atoms with E-state index in [0.717, 1.165) is 96.3 Å². The number of aliphatic hydroxyl groups excluding tert-OH is 1. The summed E-state index contributed by atoms with van der Waals surface area (Å²) >= 11 is 0. The quantitative estimate of drug-likeness (QED) is 0.0213. The number of ether oxygens (including phenoxy) is 1. The van der Waals surface area contributed by atoms with Crippen LogP contribution in [0.1, 0.15) is 149 Å². The van der Waals surface area contributed by atoms with E-state index >= 15 is 0 Å². The molecule has 0 heterocycles. The van der Waals surface area contributed by atoms with Gasteiger partial charge in [-0.1, -0.05) is 120 Å². The van der Waals surface area contributed by atoms with Gasteiger partial charge in [-0.25, -0.2) is 9.36 Å². The largest absolute Gasteiger partial charge is 0.480 e. The van der Waals surface area contributed by atoms with Crippen LogP contribution in [0.4, 0.5) is 0 Å². The van der Waals surface area contributed by atoms with Crippen LogP contribution in [0.25, 0.3) is 0 Å². The molecule has 11 nitrogen and oxygen atoms in total. The minimum Gasteiger partial charge on any atom is -0.480 e. The minimum atomic E-state index is -4.76. The molecule has 0 aromatic carbocycles. The van der Waals surface area contributed by atoms with E-state index in [9.17, 15) is 34.1 Å². The molecule has 0 bridgehead atoms. The number of phosphoric acid groups is 1. The normalized spacial score (nSPS) is 14.4. The predicted molar refractivity (Wildman–Crippen MR) is 203 cm³/mol. The third-order valence-corrected chi connectivity index (χ3v) is 8.77. The van der Waals surface area contributed by atoms with Crippen LogP contribution in [-0.4, -0.2) is 64.9 Å². The number of carboxylic acids is 1. The molecule has 4 N–H and O–H groups in total. The Kier molecular flexibility index (Phi) is 32.8. The summed E-state index contributed by atoms with van der Waals surface area (Å²) in [6, 6.07) is -1.56. The Balaban J connectivity index is 4.01. The molecule has 0 aliphatic heterocycles. The minimum absolute atomic E-state index is 0.126. The van der Waals surface area contributed by atoms with Crippen molar-refractivity contribution in [1.82, 2.24) is 5.32 Å². The molecule has 0 aliphatic carbocycles. The summed E-state index contributed by atoms with van der Waals surface area (Å²) < 4.78 is 26.7. The van der Waals surface area contributed by atoms with Crippen LogP contribution in [0.15, 0.2) is 48.6 Å². The number of hydrogen-bond acceptors (Lipinski definition) is 8. The first kappa shape index (κ1) is 48.4. The van der Waals surface area contributed by atoms with Crippen molar-refractivity contribution in [1.29, 1.82) is 0 Å². The molecule has 294 valence electrons. The Morgan fingerprint density at radius 2 is 1.12 bits per heavy atom. The van der Waals surface area contributed by atoms with Gasteiger partial charge >= 0.3 is 19.8 Å². The lowest BCUT2D eigenvalue weighted by Crippen LogP contribution is -2.43. The second-order valence-electron chi connectivity index (χ2n) is 12.8. The van der Waals surface area contributed by atoms with Gasteiger partial charge in [0.05, 0.1) is 13.2 Å². The van der Waals surface area contributed by atoms with Crippen molar-refractivity contribution in [2.45, 2.75) is 161 Å². The van der Waals surface area contributed by atoms with Gasteiger partial charge in [-0.2, -0.15) is 0 Å². The molecule has 0 fully saturated rings. The first-order valence-electron chi connectivity index (χ1n) is 19.2. The monoisotopic (exact) mass is 741 g/mol. The van der Waals surface area contributed by atoms with E-state index in [4.69, 9.17) is 13.8 Å². The van der Waals surface area contributed by atoms with E-state index in [2.05, 4.69) is 67.8 Å². The molecular formula is C39H68NO10P. The summed E-state index contributed by atoms with van der Waals surface area (Å²) in [5, 5.41) is 21.7. The number of aliphatic carboxylic acids is 1. The van der Waals surface area contributed by atoms with Gasteiger partial charge in [0.2, 0.25) is 5.91 Å². The van der Waals surface area contributed by atoms with Crippen molar-refractivity contribution in [3.8, 4) is 0 Å². The van der Waals surface area contributed by atoms with E-state index in [1.165, 1.54) is 12.8 Å². The van der Waals surface area contributed by atoms with Gasteiger partial charge in [-0.05, 0) is 64.2 Å². The number of hydrogen-bond donors (Lipinski definition) is 4. The number of carboxylic acid groups (broad SMARTS) is 1. The average molecular weight is 742 g/mol. The van der Waals surface area contributed by atoms with Crippen molar-refractivity contribution in [3.05, 3.63) is 48.6 Å². The molecule has 12 heteroatoms. The van der Waals surface area contributed by atoms with Crippen LogP contribution < -0.4 is 5.32 Å². The van der Waals surface area contributed by atoms with Crippen molar-refractivity contribution in [3.63, 3.8) is 0 Å². The number of carbonyl (C=O) groups is 3. The molecule has 51 heavy (non-hydrogen) atoms. The Morgan fingerprint density at radius 3 is 1.67 bits per heavy atom. The smallest absolute Gasteiger partial charge is 0.472 e. The zero-order chi connectivity index (χ0) is 37.8. The van der Waals surface area contributed by atoms with Gasteiger partial charge in [0, 0.05) is 12.8 Å². The van der Waals surface area contributed by atoms with E-state index in [1.807, 2.05) is 0 Å². The van der Waals surface area contributed by atoms with Crippen molar-refractivity contribution < 1.29 is 47.8 Å². The van der Waals surface area contributed by atoms with Crippen molar-refractivity contribution in [2.75, 3.05) is 19.8 Å². The maximum absolute atomic E-state index is 12.2. The molecular weight excluding hydrogens is 673 g/mol. The Morgan fingerprint density at radius 1 is 0.627 bits per heavy atom. The lowest BCUT2D eigenvalue weighted by Gasteiger charge is -2.18. The van der Waals surface area contributed by atoms with Crippen LogP contribution in [0.3, 0.4) is 0 Å². The molecule has 0 spiro atoms. The number of rotatable bonds is 35. The fourth-order valence-corrected chi connectivity index (χ4v) is 5.55. The standard InChI is InChI=1S/C39H68NO10P/c1-3-5-7-9-11-13-15-17-19-21-23-25-27-29-31-38(43)48-32-35(41)33-49-51(46,47)50-34-36(39(44)45)40-37(42)30-28-26-24-22-20-18-16-14-12-10-8-6-4-2/h8-11,14-17,35-36,41H,3-7,12-13,18-34H2,1-2H3,(H,40,42)(H,44,45)(H,46,47)/b10-8-,11-9-,16-14-,17-15-. The molecule has 0 radical (unpaired) electrons. The van der Waals surface area contributed by atoms with Crippen LogP contribution >= 0.6 is 7.82 Å². The molecule has 0 aromatic rings. The SMILES string of the molecule is CCC/C=C\C/C=C\CCCCCCCC(=O)NC(COP(=O)(O)OCC(O)COC(=O)CCCCCCC/C=C\C/C=C\CCCC)C(=O)O. The van der Waals surface area contributed by atoms with Crippen LogP contribution in [-0.2, 0) is 32.7 Å². The van der Waals surface area contributed by atoms with Crippen molar-refractivity contribution >= 4 is 25.7 Å².